The Bertz CT molecular complexity index is 1640. The van der Waals surface area contributed by atoms with Gasteiger partial charge in [-0.05, 0) is 103 Å². The first-order chi connectivity index (χ1) is 22.7. The maximum Gasteiger partial charge on any atom is 0.237 e. The largest absolute Gasteiger partial charge is 0.461 e. The zero-order valence-corrected chi connectivity index (χ0v) is 28.3. The van der Waals surface area contributed by atoms with Crippen molar-refractivity contribution >= 4 is 5.78 Å². The number of fused-ring (bicyclic) bond motifs is 2. The minimum Gasteiger partial charge on any atom is -0.461 e. The molecule has 0 saturated heterocycles. The average Bonchev–Trinajstić information content (AvgIpc) is 3.07. The lowest BCUT2D eigenvalue weighted by Gasteiger charge is -2.48. The van der Waals surface area contributed by atoms with Crippen LogP contribution < -0.4 is 4.74 Å². The van der Waals surface area contributed by atoms with Crippen LogP contribution in [0.2, 0.25) is 0 Å². The maximum atomic E-state index is 11.6. The number of ketones is 1. The zero-order chi connectivity index (χ0) is 32.9. The summed E-state index contributed by atoms with van der Waals surface area (Å²) in [5, 5.41) is 0. The van der Waals surface area contributed by atoms with Crippen LogP contribution in [0, 0.1) is 5.41 Å². The lowest BCUT2D eigenvalue weighted by atomic mass is 9.71. The molecule has 6 rings (SSSR count). The van der Waals surface area contributed by atoms with Gasteiger partial charge in [-0.3, -0.25) is 4.79 Å². The van der Waals surface area contributed by atoms with Crippen molar-refractivity contribution in [2.45, 2.75) is 104 Å². The van der Waals surface area contributed by atoms with Crippen LogP contribution in [0.5, 0.6) is 5.75 Å². The number of ether oxygens (including phenoxy) is 2. The van der Waals surface area contributed by atoms with Crippen molar-refractivity contribution < 1.29 is 24.0 Å². The van der Waals surface area contributed by atoms with E-state index in [9.17, 15) is 4.79 Å². The second-order valence-corrected chi connectivity index (χ2v) is 14.2. The Hall–Kier alpha value is -3.77. The van der Waals surface area contributed by atoms with Crippen LogP contribution in [0.1, 0.15) is 85.9 Å². The molecule has 5 heteroatoms. The van der Waals surface area contributed by atoms with E-state index in [2.05, 4.69) is 75.4 Å². The van der Waals surface area contributed by atoms with Crippen LogP contribution in [0.4, 0.5) is 0 Å². The number of rotatable bonds is 12. The maximum absolute atomic E-state index is 11.6. The smallest absolute Gasteiger partial charge is 0.237 e. The van der Waals surface area contributed by atoms with E-state index < -0.39 is 17.3 Å². The van der Waals surface area contributed by atoms with E-state index in [1.54, 1.807) is 6.92 Å². The highest BCUT2D eigenvalue weighted by Gasteiger charge is 2.56. The molecule has 0 aliphatic heterocycles. The van der Waals surface area contributed by atoms with Crippen molar-refractivity contribution in [3.05, 3.63) is 136 Å². The standard InChI is InChI=1S/C42H48O5/c1-30(43)26-31-18-20-32(21-19-31)29-44-47-42(41(2,3)4,37-16-6-5-7-17-37)40(45-38-24-22-33-12-8-10-14-35(33)27-38)46-39-25-23-34-13-9-11-15-36(34)28-39/h5-8,10,12,14,16-21,23,25,28,38,40H,9,11,13,15,22,24,26-27,29H2,1-4H3/t38?,40?,42-/m1/s1. The highest BCUT2D eigenvalue weighted by Crippen LogP contribution is 2.48. The number of hydrogen-bond acceptors (Lipinski definition) is 5. The second kappa shape index (κ2) is 14.6. The summed E-state index contributed by atoms with van der Waals surface area (Å²) in [7, 11) is 0. The molecule has 4 aromatic carbocycles. The van der Waals surface area contributed by atoms with E-state index in [-0.39, 0.29) is 18.5 Å². The predicted molar refractivity (Wildman–Crippen MR) is 185 cm³/mol. The number of benzene rings is 4. The molecule has 0 heterocycles. The Balaban J connectivity index is 1.36. The fourth-order valence-corrected chi connectivity index (χ4v) is 7.12. The molecule has 2 aliphatic rings. The van der Waals surface area contributed by atoms with Gasteiger partial charge in [-0.2, -0.15) is 0 Å². The van der Waals surface area contributed by atoms with Gasteiger partial charge in [0.2, 0.25) is 6.29 Å². The van der Waals surface area contributed by atoms with Crippen LogP contribution in [0.15, 0.2) is 97.1 Å². The van der Waals surface area contributed by atoms with E-state index >= 15 is 0 Å². The van der Waals surface area contributed by atoms with E-state index in [1.807, 2.05) is 42.5 Å². The fraction of sp³-hybridized carbons (Fsp3) is 0.405. The number of carbonyl (C=O) groups is 1. The van der Waals surface area contributed by atoms with Crippen molar-refractivity contribution in [2.24, 2.45) is 5.41 Å². The summed E-state index contributed by atoms with van der Waals surface area (Å²) in [5.41, 5.74) is 6.65. The molecule has 0 N–H and O–H groups in total. The van der Waals surface area contributed by atoms with Crippen LogP contribution in [0.25, 0.3) is 0 Å². The van der Waals surface area contributed by atoms with Crippen molar-refractivity contribution in [1.82, 2.24) is 0 Å². The van der Waals surface area contributed by atoms with Gasteiger partial charge in [0.15, 0.2) is 5.60 Å². The van der Waals surface area contributed by atoms with Gasteiger partial charge in [-0.15, -0.1) is 0 Å². The first-order valence-corrected chi connectivity index (χ1v) is 17.2. The molecule has 0 radical (unpaired) electrons. The van der Waals surface area contributed by atoms with Crippen molar-refractivity contribution in [1.29, 1.82) is 0 Å². The Labute approximate surface area is 280 Å². The minimum atomic E-state index is -1.14. The van der Waals surface area contributed by atoms with E-state index in [0.29, 0.717) is 6.42 Å². The molecular weight excluding hydrogens is 584 g/mol. The lowest BCUT2D eigenvalue weighted by Crippen LogP contribution is -2.56. The molecule has 4 aromatic rings. The van der Waals surface area contributed by atoms with E-state index in [1.165, 1.54) is 35.1 Å². The lowest BCUT2D eigenvalue weighted by molar-refractivity contribution is -0.437. The molecule has 0 spiro atoms. The van der Waals surface area contributed by atoms with Crippen LogP contribution in [0.3, 0.4) is 0 Å². The molecule has 0 aromatic heterocycles. The van der Waals surface area contributed by atoms with Gasteiger partial charge < -0.3 is 9.47 Å². The van der Waals surface area contributed by atoms with Crippen LogP contribution in [-0.2, 0) is 63.6 Å². The summed E-state index contributed by atoms with van der Waals surface area (Å²) in [5.74, 6) is 0.919. The number of carbonyl (C=O) groups excluding carboxylic acids is 1. The van der Waals surface area contributed by atoms with Crippen molar-refractivity contribution in [2.75, 3.05) is 0 Å². The normalized spacial score (nSPS) is 18.0. The van der Waals surface area contributed by atoms with Crippen LogP contribution in [-0.4, -0.2) is 18.2 Å². The van der Waals surface area contributed by atoms with Gasteiger partial charge in [-0.1, -0.05) is 106 Å². The number of hydrogen-bond donors (Lipinski definition) is 0. The molecule has 2 aliphatic carbocycles. The highest BCUT2D eigenvalue weighted by molar-refractivity contribution is 5.78. The molecule has 0 amide bonds. The first-order valence-electron chi connectivity index (χ1n) is 17.2. The van der Waals surface area contributed by atoms with Crippen LogP contribution >= 0.6 is 0 Å². The SMILES string of the molecule is CC(=O)Cc1ccc(COO[C@](c2ccccc2)(C(Oc2ccc3c(c2)CCCC3)OC2CCc3ccccc3C2)C(C)(C)C)cc1. The summed E-state index contributed by atoms with van der Waals surface area (Å²) in [6.45, 7) is 8.30. The molecule has 3 atom stereocenters. The minimum absolute atomic E-state index is 0.0598. The summed E-state index contributed by atoms with van der Waals surface area (Å²) >= 11 is 0. The average molecular weight is 633 g/mol. The van der Waals surface area contributed by atoms with Gasteiger partial charge in [0, 0.05) is 11.8 Å². The predicted octanol–water partition coefficient (Wildman–Crippen LogP) is 9.07. The molecule has 0 fully saturated rings. The Kier molecular flexibility index (Phi) is 10.3. The molecule has 0 saturated carbocycles. The van der Waals surface area contributed by atoms with Gasteiger partial charge >= 0.3 is 0 Å². The number of Topliss-reactive ketones (excluding diaryl/α,β-unsaturated/α-hetero) is 1. The molecule has 246 valence electrons. The summed E-state index contributed by atoms with van der Waals surface area (Å²) in [6, 6.07) is 33.3. The van der Waals surface area contributed by atoms with Gasteiger partial charge in [-0.25, -0.2) is 9.78 Å². The number of aryl methyl sites for hydroxylation is 3. The fourth-order valence-electron chi connectivity index (χ4n) is 7.12. The topological polar surface area (TPSA) is 54.0 Å². The van der Waals surface area contributed by atoms with E-state index in [0.717, 1.165) is 54.5 Å². The summed E-state index contributed by atoms with van der Waals surface area (Å²) in [6.07, 6.45) is 6.79. The van der Waals surface area contributed by atoms with Crippen molar-refractivity contribution in [3.8, 4) is 5.75 Å². The monoisotopic (exact) mass is 632 g/mol. The van der Waals surface area contributed by atoms with Gasteiger partial charge in [0.05, 0.1) is 6.10 Å². The molecular formula is C42H48O5. The quantitative estimate of drug-likeness (QED) is 0.0886. The molecule has 5 nitrogen and oxygen atoms in total. The third-order valence-electron chi connectivity index (χ3n) is 9.72. The second-order valence-electron chi connectivity index (χ2n) is 14.2. The first kappa shape index (κ1) is 33.1. The highest BCUT2D eigenvalue weighted by atomic mass is 17.2. The summed E-state index contributed by atoms with van der Waals surface area (Å²) < 4.78 is 14.2. The Morgan fingerprint density at radius 2 is 1.43 bits per heavy atom. The Morgan fingerprint density at radius 1 is 0.766 bits per heavy atom. The van der Waals surface area contributed by atoms with E-state index in [4.69, 9.17) is 19.2 Å². The third-order valence-corrected chi connectivity index (χ3v) is 9.72. The molecule has 0 bridgehead atoms. The van der Waals surface area contributed by atoms with Gasteiger partial charge in [0.1, 0.15) is 18.1 Å². The molecule has 2 unspecified atom stereocenters. The van der Waals surface area contributed by atoms with Gasteiger partial charge in [0.25, 0.3) is 0 Å². The molecule has 47 heavy (non-hydrogen) atoms. The Morgan fingerprint density at radius 3 is 2.15 bits per heavy atom. The summed E-state index contributed by atoms with van der Waals surface area (Å²) in [4.78, 5) is 24.6. The zero-order valence-electron chi connectivity index (χ0n) is 28.3. The third kappa shape index (κ3) is 7.70. The van der Waals surface area contributed by atoms with Crippen molar-refractivity contribution in [3.63, 3.8) is 0 Å².